The van der Waals surface area contributed by atoms with Crippen LogP contribution >= 0.6 is 0 Å². The number of benzene rings is 1. The summed E-state index contributed by atoms with van der Waals surface area (Å²) in [6.45, 7) is 7.66. The van der Waals surface area contributed by atoms with Crippen molar-refractivity contribution in [2.24, 2.45) is 0 Å². The molecule has 5 nitrogen and oxygen atoms in total. The molecular formula is C16H22N2O3. The zero-order chi connectivity index (χ0) is 15.6. The van der Waals surface area contributed by atoms with Crippen LogP contribution < -0.4 is 15.0 Å². The number of hydrogen-bond acceptors (Lipinski definition) is 3. The SMILES string of the molecule is CC[C@@H]1Oc2ccc(C)cc2N(CC(=O)NC(C)C)C1=O. The predicted molar refractivity (Wildman–Crippen MR) is 81.5 cm³/mol. The van der Waals surface area contributed by atoms with Gasteiger partial charge < -0.3 is 10.1 Å². The van der Waals surface area contributed by atoms with Crippen LogP contribution in [0.1, 0.15) is 32.8 Å². The van der Waals surface area contributed by atoms with Crippen molar-refractivity contribution < 1.29 is 14.3 Å². The summed E-state index contributed by atoms with van der Waals surface area (Å²) in [5, 5.41) is 2.82. The van der Waals surface area contributed by atoms with Crippen LogP contribution in [0.4, 0.5) is 5.69 Å². The van der Waals surface area contributed by atoms with E-state index in [0.717, 1.165) is 5.56 Å². The van der Waals surface area contributed by atoms with Crippen LogP contribution in [0.15, 0.2) is 18.2 Å². The van der Waals surface area contributed by atoms with Crippen molar-refractivity contribution in [3.8, 4) is 5.75 Å². The fourth-order valence-corrected chi connectivity index (χ4v) is 2.37. The summed E-state index contributed by atoms with van der Waals surface area (Å²) in [5.41, 5.74) is 1.69. The second kappa shape index (κ2) is 6.16. The Labute approximate surface area is 125 Å². The molecule has 0 spiro atoms. The minimum Gasteiger partial charge on any atom is -0.478 e. The fourth-order valence-electron chi connectivity index (χ4n) is 2.37. The third-order valence-electron chi connectivity index (χ3n) is 3.34. The van der Waals surface area contributed by atoms with Crippen molar-refractivity contribution in [2.45, 2.75) is 46.3 Å². The van der Waals surface area contributed by atoms with E-state index in [0.29, 0.717) is 17.9 Å². The van der Waals surface area contributed by atoms with E-state index in [-0.39, 0.29) is 24.4 Å². The van der Waals surface area contributed by atoms with Crippen molar-refractivity contribution >= 4 is 17.5 Å². The van der Waals surface area contributed by atoms with E-state index in [9.17, 15) is 9.59 Å². The highest BCUT2D eigenvalue weighted by Crippen LogP contribution is 2.35. The molecule has 1 atom stereocenters. The number of hydrogen-bond donors (Lipinski definition) is 1. The van der Waals surface area contributed by atoms with E-state index in [4.69, 9.17) is 4.74 Å². The number of amides is 2. The lowest BCUT2D eigenvalue weighted by atomic mass is 10.1. The van der Waals surface area contributed by atoms with E-state index < -0.39 is 6.10 Å². The topological polar surface area (TPSA) is 58.6 Å². The Balaban J connectivity index is 2.31. The van der Waals surface area contributed by atoms with Crippen molar-refractivity contribution in [2.75, 3.05) is 11.4 Å². The Kier molecular flexibility index (Phi) is 4.50. The molecule has 1 aromatic rings. The van der Waals surface area contributed by atoms with Gasteiger partial charge in [-0.25, -0.2) is 0 Å². The third kappa shape index (κ3) is 3.35. The molecule has 1 aromatic carbocycles. The number of rotatable bonds is 4. The molecule has 0 aliphatic carbocycles. The molecule has 0 radical (unpaired) electrons. The smallest absolute Gasteiger partial charge is 0.268 e. The van der Waals surface area contributed by atoms with E-state index >= 15 is 0 Å². The molecule has 1 aliphatic rings. The summed E-state index contributed by atoms with van der Waals surface area (Å²) < 4.78 is 5.72. The van der Waals surface area contributed by atoms with Crippen molar-refractivity contribution in [1.29, 1.82) is 0 Å². The van der Waals surface area contributed by atoms with Crippen LogP contribution in [0.5, 0.6) is 5.75 Å². The lowest BCUT2D eigenvalue weighted by Crippen LogP contribution is -2.50. The van der Waals surface area contributed by atoms with Crippen LogP contribution in [-0.2, 0) is 9.59 Å². The largest absolute Gasteiger partial charge is 0.478 e. The minimum absolute atomic E-state index is 0.0212. The summed E-state index contributed by atoms with van der Waals surface area (Å²) in [7, 11) is 0. The molecule has 0 unspecified atom stereocenters. The number of carbonyl (C=O) groups excluding carboxylic acids is 2. The molecule has 1 heterocycles. The van der Waals surface area contributed by atoms with E-state index in [1.54, 1.807) is 0 Å². The molecule has 1 aliphatic heterocycles. The zero-order valence-electron chi connectivity index (χ0n) is 13.0. The van der Waals surface area contributed by atoms with E-state index in [1.807, 2.05) is 45.9 Å². The number of nitrogens with zero attached hydrogens (tertiary/aromatic N) is 1. The molecule has 0 aromatic heterocycles. The van der Waals surface area contributed by atoms with Gasteiger partial charge in [-0.3, -0.25) is 14.5 Å². The summed E-state index contributed by atoms with van der Waals surface area (Å²) in [6.07, 6.45) is 0.0566. The van der Waals surface area contributed by atoms with Gasteiger partial charge in [0.25, 0.3) is 5.91 Å². The van der Waals surface area contributed by atoms with Gasteiger partial charge in [-0.1, -0.05) is 13.0 Å². The van der Waals surface area contributed by atoms with Gasteiger partial charge in [0.15, 0.2) is 6.10 Å². The monoisotopic (exact) mass is 290 g/mol. The van der Waals surface area contributed by atoms with Crippen molar-refractivity contribution in [3.63, 3.8) is 0 Å². The summed E-state index contributed by atoms with van der Waals surface area (Å²) >= 11 is 0. The first kappa shape index (κ1) is 15.4. The molecular weight excluding hydrogens is 268 g/mol. The highest BCUT2D eigenvalue weighted by molar-refractivity contribution is 6.03. The number of anilines is 1. The molecule has 0 fully saturated rings. The lowest BCUT2D eigenvalue weighted by molar-refractivity contribution is -0.129. The summed E-state index contributed by atoms with van der Waals surface area (Å²) in [6, 6.07) is 5.72. The quantitative estimate of drug-likeness (QED) is 0.923. The molecule has 2 rings (SSSR count). The standard InChI is InChI=1S/C16H22N2O3/c1-5-13-16(20)18(9-15(19)17-10(2)3)12-8-11(4)6-7-14(12)21-13/h6-8,10,13H,5,9H2,1-4H3,(H,17,19)/t13-/m0/s1. The van der Waals surface area contributed by atoms with Crippen LogP contribution in [0, 0.1) is 6.92 Å². The molecule has 5 heteroatoms. The number of carbonyl (C=O) groups is 2. The van der Waals surface area contributed by atoms with Gasteiger partial charge in [-0.05, 0) is 44.9 Å². The van der Waals surface area contributed by atoms with Crippen LogP contribution in [-0.4, -0.2) is 30.5 Å². The van der Waals surface area contributed by atoms with E-state index in [1.165, 1.54) is 4.90 Å². The Morgan fingerprint density at radius 1 is 1.43 bits per heavy atom. The molecule has 0 bridgehead atoms. The number of ether oxygens (including phenoxy) is 1. The molecule has 0 saturated heterocycles. The Hall–Kier alpha value is -2.04. The van der Waals surface area contributed by atoms with Crippen molar-refractivity contribution in [3.05, 3.63) is 23.8 Å². The first-order valence-corrected chi connectivity index (χ1v) is 7.30. The second-order valence-corrected chi connectivity index (χ2v) is 5.63. The molecule has 2 amide bonds. The Bertz CT molecular complexity index is 554. The lowest BCUT2D eigenvalue weighted by Gasteiger charge is -2.34. The summed E-state index contributed by atoms with van der Waals surface area (Å²) in [5.74, 6) is 0.335. The Morgan fingerprint density at radius 2 is 2.14 bits per heavy atom. The second-order valence-electron chi connectivity index (χ2n) is 5.63. The maximum Gasteiger partial charge on any atom is 0.268 e. The number of aryl methyl sites for hydroxylation is 1. The zero-order valence-corrected chi connectivity index (χ0v) is 13.0. The van der Waals surface area contributed by atoms with Crippen molar-refractivity contribution in [1.82, 2.24) is 5.32 Å². The van der Waals surface area contributed by atoms with Gasteiger partial charge >= 0.3 is 0 Å². The average Bonchev–Trinajstić information content (AvgIpc) is 2.41. The molecule has 1 N–H and O–H groups in total. The highest BCUT2D eigenvalue weighted by atomic mass is 16.5. The highest BCUT2D eigenvalue weighted by Gasteiger charge is 2.34. The minimum atomic E-state index is -0.521. The fraction of sp³-hybridized carbons (Fsp3) is 0.500. The van der Waals surface area contributed by atoms with Gasteiger partial charge in [0.1, 0.15) is 12.3 Å². The predicted octanol–water partition coefficient (Wildman–Crippen LogP) is 2.02. The maximum absolute atomic E-state index is 12.5. The van der Waals surface area contributed by atoms with Crippen LogP contribution in [0.3, 0.4) is 0 Å². The van der Waals surface area contributed by atoms with Gasteiger partial charge in [0.2, 0.25) is 5.91 Å². The van der Waals surface area contributed by atoms with Gasteiger partial charge in [-0.15, -0.1) is 0 Å². The third-order valence-corrected chi connectivity index (χ3v) is 3.34. The Morgan fingerprint density at radius 3 is 2.76 bits per heavy atom. The number of nitrogens with one attached hydrogen (secondary N) is 1. The van der Waals surface area contributed by atoms with Crippen LogP contribution in [0.25, 0.3) is 0 Å². The van der Waals surface area contributed by atoms with Gasteiger partial charge in [-0.2, -0.15) is 0 Å². The average molecular weight is 290 g/mol. The van der Waals surface area contributed by atoms with Crippen LogP contribution in [0.2, 0.25) is 0 Å². The molecule has 0 saturated carbocycles. The molecule has 114 valence electrons. The molecule has 21 heavy (non-hydrogen) atoms. The summed E-state index contributed by atoms with van der Waals surface area (Å²) in [4.78, 5) is 26.0. The van der Waals surface area contributed by atoms with Gasteiger partial charge in [0, 0.05) is 6.04 Å². The first-order valence-electron chi connectivity index (χ1n) is 7.30. The normalized spacial score (nSPS) is 17.5. The first-order chi connectivity index (χ1) is 9.92. The van der Waals surface area contributed by atoms with E-state index in [2.05, 4.69) is 5.32 Å². The number of fused-ring (bicyclic) bond motifs is 1. The maximum atomic E-state index is 12.5. The van der Waals surface area contributed by atoms with Gasteiger partial charge in [0.05, 0.1) is 5.69 Å².